The summed E-state index contributed by atoms with van der Waals surface area (Å²) in [5.41, 5.74) is 0.664. The lowest BCUT2D eigenvalue weighted by atomic mass is 10.4. The van der Waals surface area contributed by atoms with Crippen LogP contribution in [0, 0.1) is 0 Å². The van der Waals surface area contributed by atoms with Gasteiger partial charge in [0.15, 0.2) is 5.78 Å². The highest BCUT2D eigenvalue weighted by Crippen LogP contribution is 1.94. The molecule has 46 valence electrons. The Labute approximate surface area is 53.5 Å². The molecular weight excluding hydrogens is 116 g/mol. The number of carbonyl (C=O) groups excluding carboxylic acids is 1. The molecule has 0 atom stereocenters. The SMILES string of the molecule is [13CH3][13C](=O)c1cccnc1. The van der Waals surface area contributed by atoms with Gasteiger partial charge in [0.05, 0.1) is 0 Å². The van der Waals surface area contributed by atoms with Crippen LogP contribution in [0.2, 0.25) is 0 Å². The molecule has 0 unspecified atom stereocenters. The third kappa shape index (κ3) is 1.35. The van der Waals surface area contributed by atoms with Crippen molar-refractivity contribution in [2.75, 3.05) is 0 Å². The van der Waals surface area contributed by atoms with Gasteiger partial charge in [-0.3, -0.25) is 9.78 Å². The predicted molar refractivity (Wildman–Crippen MR) is 34.2 cm³/mol. The summed E-state index contributed by atoms with van der Waals surface area (Å²) in [5, 5.41) is 0. The van der Waals surface area contributed by atoms with Gasteiger partial charge >= 0.3 is 0 Å². The number of carbonyl (C=O) groups is 1. The summed E-state index contributed by atoms with van der Waals surface area (Å²) in [6.45, 7) is 1.52. The molecule has 0 aromatic carbocycles. The van der Waals surface area contributed by atoms with Crippen LogP contribution in [0.3, 0.4) is 0 Å². The lowest BCUT2D eigenvalue weighted by Crippen LogP contribution is -1.90. The Hall–Kier alpha value is -1.18. The summed E-state index contributed by atoms with van der Waals surface area (Å²) < 4.78 is 0. The highest BCUT2D eigenvalue weighted by molar-refractivity contribution is 5.93. The Morgan fingerprint density at radius 3 is 2.78 bits per heavy atom. The number of hydrogen-bond donors (Lipinski definition) is 0. The average Bonchev–Trinajstić information content (AvgIpc) is 1.90. The van der Waals surface area contributed by atoms with Gasteiger partial charge in [0.2, 0.25) is 0 Å². The fourth-order valence-electron chi connectivity index (χ4n) is 0.571. The van der Waals surface area contributed by atoms with Crippen molar-refractivity contribution in [3.8, 4) is 0 Å². The van der Waals surface area contributed by atoms with Gasteiger partial charge in [-0.05, 0) is 19.1 Å². The zero-order valence-corrected chi connectivity index (χ0v) is 5.16. The maximum atomic E-state index is 10.6. The first kappa shape index (κ1) is 5.95. The molecule has 1 aromatic rings. The minimum absolute atomic E-state index is 0.0584. The maximum absolute atomic E-state index is 10.6. The van der Waals surface area contributed by atoms with Gasteiger partial charge in [-0.25, -0.2) is 0 Å². The van der Waals surface area contributed by atoms with Crippen molar-refractivity contribution < 1.29 is 4.79 Å². The van der Waals surface area contributed by atoms with Crippen molar-refractivity contribution in [2.45, 2.75) is 6.92 Å². The Kier molecular flexibility index (Phi) is 1.58. The van der Waals surface area contributed by atoms with Crippen molar-refractivity contribution in [1.29, 1.82) is 0 Å². The smallest absolute Gasteiger partial charge is 0.161 e. The lowest BCUT2D eigenvalue weighted by Gasteiger charge is -1.88. The van der Waals surface area contributed by atoms with Gasteiger partial charge in [-0.2, -0.15) is 0 Å². The van der Waals surface area contributed by atoms with Crippen LogP contribution in [0.4, 0.5) is 0 Å². The van der Waals surface area contributed by atoms with E-state index in [1.165, 1.54) is 6.92 Å². The topological polar surface area (TPSA) is 30.0 Å². The van der Waals surface area contributed by atoms with E-state index in [-0.39, 0.29) is 5.78 Å². The van der Waals surface area contributed by atoms with Gasteiger partial charge < -0.3 is 0 Å². The van der Waals surface area contributed by atoms with Crippen molar-refractivity contribution in [2.24, 2.45) is 0 Å². The maximum Gasteiger partial charge on any atom is 0.161 e. The predicted octanol–water partition coefficient (Wildman–Crippen LogP) is 1.28. The summed E-state index contributed by atoms with van der Waals surface area (Å²) in [4.78, 5) is 14.4. The molecule has 9 heavy (non-hydrogen) atoms. The van der Waals surface area contributed by atoms with Gasteiger partial charge in [0, 0.05) is 18.0 Å². The van der Waals surface area contributed by atoms with Crippen molar-refractivity contribution >= 4 is 5.78 Å². The van der Waals surface area contributed by atoms with E-state index in [0.29, 0.717) is 5.56 Å². The zero-order chi connectivity index (χ0) is 6.69. The fourth-order valence-corrected chi connectivity index (χ4v) is 0.571. The van der Waals surface area contributed by atoms with E-state index in [9.17, 15) is 4.79 Å². The number of aromatic nitrogens is 1. The molecule has 0 saturated heterocycles. The van der Waals surface area contributed by atoms with Crippen molar-refractivity contribution in [3.63, 3.8) is 0 Å². The lowest BCUT2D eigenvalue weighted by molar-refractivity contribution is 0.101. The Balaban J connectivity index is 2.98. The molecule has 2 nitrogen and oxygen atoms in total. The van der Waals surface area contributed by atoms with Crippen LogP contribution < -0.4 is 0 Å². The Morgan fingerprint density at radius 2 is 2.44 bits per heavy atom. The number of nitrogens with zero attached hydrogens (tertiary/aromatic N) is 1. The molecule has 0 aliphatic heterocycles. The molecule has 0 aliphatic rings. The van der Waals surface area contributed by atoms with E-state index in [1.807, 2.05) is 0 Å². The summed E-state index contributed by atoms with van der Waals surface area (Å²) in [5.74, 6) is 0.0584. The van der Waals surface area contributed by atoms with Gasteiger partial charge in [0.25, 0.3) is 0 Å². The molecule has 0 N–H and O–H groups in total. The Morgan fingerprint density at radius 1 is 1.67 bits per heavy atom. The van der Waals surface area contributed by atoms with Crippen LogP contribution in [0.15, 0.2) is 24.5 Å². The third-order valence-corrected chi connectivity index (χ3v) is 1.07. The third-order valence-electron chi connectivity index (χ3n) is 1.07. The Bertz CT molecular complexity index is 205. The number of rotatable bonds is 1. The van der Waals surface area contributed by atoms with Gasteiger partial charge in [-0.1, -0.05) is 0 Å². The second-order valence-corrected chi connectivity index (χ2v) is 1.80. The van der Waals surface area contributed by atoms with Crippen molar-refractivity contribution in [1.82, 2.24) is 4.98 Å². The molecule has 0 amide bonds. The van der Waals surface area contributed by atoms with Crippen molar-refractivity contribution in [3.05, 3.63) is 30.1 Å². The van der Waals surface area contributed by atoms with Crippen LogP contribution >= 0.6 is 0 Å². The molecule has 2 heteroatoms. The number of pyridine rings is 1. The summed E-state index contributed by atoms with van der Waals surface area (Å²) >= 11 is 0. The highest BCUT2D eigenvalue weighted by Gasteiger charge is 1.93. The standard InChI is InChI=1S/C7H7NO/c1-6(9)7-3-2-4-8-5-7/h2-5H,1H3/i1+1,6+1. The van der Waals surface area contributed by atoms with E-state index in [4.69, 9.17) is 0 Å². The molecule has 1 heterocycles. The van der Waals surface area contributed by atoms with E-state index in [1.54, 1.807) is 24.5 Å². The summed E-state index contributed by atoms with van der Waals surface area (Å²) in [7, 11) is 0. The molecular formula is C7H7NO. The number of ketones is 1. The summed E-state index contributed by atoms with van der Waals surface area (Å²) in [6.07, 6.45) is 3.20. The first-order valence-electron chi connectivity index (χ1n) is 2.71. The van der Waals surface area contributed by atoms with Crippen LogP contribution in [0.5, 0.6) is 0 Å². The molecule has 0 spiro atoms. The van der Waals surface area contributed by atoms with Crippen LogP contribution in [-0.2, 0) is 0 Å². The minimum atomic E-state index is 0.0584. The molecule has 1 aromatic heterocycles. The first-order valence-corrected chi connectivity index (χ1v) is 2.71. The van der Waals surface area contributed by atoms with Crippen LogP contribution in [0.1, 0.15) is 17.3 Å². The largest absolute Gasteiger partial charge is 0.294 e. The second-order valence-electron chi connectivity index (χ2n) is 1.80. The van der Waals surface area contributed by atoms with Crippen LogP contribution in [0.25, 0.3) is 0 Å². The molecule has 0 bridgehead atoms. The molecule has 0 saturated carbocycles. The molecule has 1 rings (SSSR count). The molecule has 0 aliphatic carbocycles. The van der Waals surface area contributed by atoms with Gasteiger partial charge in [0.1, 0.15) is 0 Å². The first-order chi connectivity index (χ1) is 4.30. The van der Waals surface area contributed by atoms with E-state index < -0.39 is 0 Å². The molecule has 0 radical (unpaired) electrons. The van der Waals surface area contributed by atoms with E-state index in [2.05, 4.69) is 4.98 Å². The van der Waals surface area contributed by atoms with E-state index >= 15 is 0 Å². The fraction of sp³-hybridized carbons (Fsp3) is 0.143. The highest BCUT2D eigenvalue weighted by atomic mass is 16.2. The quantitative estimate of drug-likeness (QED) is 0.416. The second kappa shape index (κ2) is 2.40. The number of hydrogen-bond acceptors (Lipinski definition) is 2. The van der Waals surface area contributed by atoms with Crippen LogP contribution in [-0.4, -0.2) is 10.8 Å². The zero-order valence-electron chi connectivity index (χ0n) is 5.16. The van der Waals surface area contributed by atoms with E-state index in [0.717, 1.165) is 0 Å². The molecule has 0 fully saturated rings. The normalized spacial score (nSPS) is 9.00. The minimum Gasteiger partial charge on any atom is -0.294 e. The summed E-state index contributed by atoms with van der Waals surface area (Å²) in [6, 6.07) is 3.49. The average molecular weight is 123 g/mol. The van der Waals surface area contributed by atoms with Gasteiger partial charge in [-0.15, -0.1) is 0 Å². The number of Topliss-reactive ketones (excluding diaryl/α,β-unsaturated/α-hetero) is 1. The monoisotopic (exact) mass is 123 g/mol.